The van der Waals surface area contributed by atoms with E-state index in [1.54, 1.807) is 13.2 Å². The molecule has 1 amide bonds. The summed E-state index contributed by atoms with van der Waals surface area (Å²) in [6.45, 7) is 0.362. The van der Waals surface area contributed by atoms with Crippen molar-refractivity contribution in [3.63, 3.8) is 0 Å². The Morgan fingerprint density at radius 3 is 2.75 bits per heavy atom. The molecule has 3 aromatic rings. The summed E-state index contributed by atoms with van der Waals surface area (Å²) in [5, 5.41) is 9.84. The molecule has 6 heteroatoms. The van der Waals surface area contributed by atoms with Crippen molar-refractivity contribution in [1.82, 2.24) is 15.5 Å². The molecule has 0 saturated heterocycles. The summed E-state index contributed by atoms with van der Waals surface area (Å²) in [5.74, 6) is 0.514. The third-order valence-corrected chi connectivity index (χ3v) is 4.07. The van der Waals surface area contributed by atoms with Gasteiger partial charge in [-0.15, -0.1) is 0 Å². The Hall–Kier alpha value is -2.60. The molecule has 0 radical (unpaired) electrons. The van der Waals surface area contributed by atoms with E-state index in [0.29, 0.717) is 12.2 Å². The summed E-state index contributed by atoms with van der Waals surface area (Å²) in [5.41, 5.74) is 3.01. The predicted molar refractivity (Wildman–Crippen MR) is 95.9 cm³/mol. The maximum atomic E-state index is 12.3. The first-order valence-electron chi connectivity index (χ1n) is 7.39. The van der Waals surface area contributed by atoms with Gasteiger partial charge in [0.15, 0.2) is 0 Å². The van der Waals surface area contributed by atoms with Crippen LogP contribution in [-0.2, 0) is 6.54 Å². The molecule has 3 rings (SSSR count). The van der Waals surface area contributed by atoms with Crippen LogP contribution in [0.15, 0.2) is 59.1 Å². The highest BCUT2D eigenvalue weighted by Crippen LogP contribution is 2.23. The second-order valence-electron chi connectivity index (χ2n) is 5.17. The fourth-order valence-corrected chi connectivity index (χ4v) is 2.76. The van der Waals surface area contributed by atoms with Crippen molar-refractivity contribution in [1.29, 1.82) is 0 Å². The number of nitrogens with one attached hydrogen (secondary N) is 2. The number of H-pyrrole nitrogens is 1. The number of halogens is 1. The summed E-state index contributed by atoms with van der Waals surface area (Å²) in [7, 11) is 1.61. The Morgan fingerprint density at radius 1 is 1.21 bits per heavy atom. The number of ether oxygens (including phenoxy) is 1. The number of hydrogen-bond acceptors (Lipinski definition) is 3. The normalized spacial score (nSPS) is 10.4. The number of benzene rings is 2. The lowest BCUT2D eigenvalue weighted by Gasteiger charge is -2.09. The van der Waals surface area contributed by atoms with Crippen LogP contribution in [0.2, 0.25) is 0 Å². The monoisotopic (exact) mass is 385 g/mol. The number of nitrogens with zero attached hydrogens (tertiary/aromatic N) is 1. The number of rotatable bonds is 5. The summed E-state index contributed by atoms with van der Waals surface area (Å²) in [6, 6.07) is 17.1. The minimum Gasteiger partial charge on any atom is -0.496 e. The summed E-state index contributed by atoms with van der Waals surface area (Å²) in [6.07, 6.45) is 0. The smallest absolute Gasteiger partial charge is 0.269 e. The van der Waals surface area contributed by atoms with Gasteiger partial charge in [0.1, 0.15) is 11.4 Å². The highest BCUT2D eigenvalue weighted by molar-refractivity contribution is 9.10. The Labute approximate surface area is 148 Å². The lowest BCUT2D eigenvalue weighted by molar-refractivity contribution is 0.0945. The molecular formula is C18H16BrN3O2. The van der Waals surface area contributed by atoms with Crippen molar-refractivity contribution in [3.8, 4) is 17.0 Å². The zero-order valence-corrected chi connectivity index (χ0v) is 14.6. The Bertz CT molecular complexity index is 846. The fraction of sp³-hybridized carbons (Fsp3) is 0.111. The molecule has 0 atom stereocenters. The maximum absolute atomic E-state index is 12.3. The molecule has 0 saturated carbocycles. The number of carbonyl (C=O) groups is 1. The van der Waals surface area contributed by atoms with Gasteiger partial charge in [-0.3, -0.25) is 9.89 Å². The fourth-order valence-electron chi connectivity index (χ4n) is 2.35. The van der Waals surface area contributed by atoms with Crippen molar-refractivity contribution >= 4 is 21.8 Å². The first kappa shape index (κ1) is 16.3. The van der Waals surface area contributed by atoms with Crippen LogP contribution >= 0.6 is 15.9 Å². The average Bonchev–Trinajstić information content (AvgIpc) is 3.11. The van der Waals surface area contributed by atoms with Crippen LogP contribution < -0.4 is 10.1 Å². The molecule has 5 nitrogen and oxygen atoms in total. The molecule has 0 aliphatic rings. The van der Waals surface area contributed by atoms with Gasteiger partial charge in [0.2, 0.25) is 0 Å². The standard InChI is InChI=1S/C18H16BrN3O2/c1-24-17-8-7-14(19)9-13(17)11-20-18(23)16-10-15(21-22-16)12-5-3-2-4-6-12/h2-10H,11H2,1H3,(H,20,23)(H,21,22). The van der Waals surface area contributed by atoms with E-state index in [4.69, 9.17) is 4.74 Å². The van der Waals surface area contributed by atoms with E-state index in [0.717, 1.165) is 27.0 Å². The van der Waals surface area contributed by atoms with Gasteiger partial charge >= 0.3 is 0 Å². The predicted octanol–water partition coefficient (Wildman–Crippen LogP) is 3.78. The van der Waals surface area contributed by atoms with Gasteiger partial charge < -0.3 is 10.1 Å². The van der Waals surface area contributed by atoms with E-state index >= 15 is 0 Å². The molecule has 0 unspecified atom stereocenters. The first-order valence-corrected chi connectivity index (χ1v) is 8.18. The molecule has 2 N–H and O–H groups in total. The van der Waals surface area contributed by atoms with Crippen LogP contribution in [0.5, 0.6) is 5.75 Å². The number of aromatic nitrogens is 2. The minimum atomic E-state index is -0.216. The van der Waals surface area contributed by atoms with Gasteiger partial charge in [-0.1, -0.05) is 46.3 Å². The first-order chi connectivity index (χ1) is 11.7. The van der Waals surface area contributed by atoms with Gasteiger partial charge in [-0.2, -0.15) is 5.10 Å². The molecule has 24 heavy (non-hydrogen) atoms. The number of amides is 1. The quantitative estimate of drug-likeness (QED) is 0.702. The van der Waals surface area contributed by atoms with E-state index in [1.165, 1.54) is 0 Å². The van der Waals surface area contributed by atoms with Gasteiger partial charge in [0, 0.05) is 22.1 Å². The van der Waals surface area contributed by atoms with Crippen molar-refractivity contribution in [2.75, 3.05) is 7.11 Å². The molecule has 0 spiro atoms. The highest BCUT2D eigenvalue weighted by Gasteiger charge is 2.12. The zero-order chi connectivity index (χ0) is 16.9. The van der Waals surface area contributed by atoms with E-state index < -0.39 is 0 Å². The number of aromatic amines is 1. The van der Waals surface area contributed by atoms with Crippen LogP contribution in [0, 0.1) is 0 Å². The third-order valence-electron chi connectivity index (χ3n) is 3.57. The second-order valence-corrected chi connectivity index (χ2v) is 6.09. The van der Waals surface area contributed by atoms with Crippen LogP contribution in [0.25, 0.3) is 11.3 Å². The minimum absolute atomic E-state index is 0.216. The van der Waals surface area contributed by atoms with Crippen LogP contribution in [0.1, 0.15) is 16.1 Å². The molecule has 0 aliphatic carbocycles. The number of hydrogen-bond donors (Lipinski definition) is 2. The van der Waals surface area contributed by atoms with Crippen LogP contribution in [-0.4, -0.2) is 23.2 Å². The Balaban J connectivity index is 1.70. The third kappa shape index (κ3) is 3.65. The largest absolute Gasteiger partial charge is 0.496 e. The van der Waals surface area contributed by atoms with Gasteiger partial charge in [0.05, 0.1) is 12.8 Å². The number of methoxy groups -OCH3 is 1. The zero-order valence-electron chi connectivity index (χ0n) is 13.0. The van der Waals surface area contributed by atoms with Crippen molar-refractivity contribution in [2.24, 2.45) is 0 Å². The molecule has 122 valence electrons. The van der Waals surface area contributed by atoms with E-state index in [9.17, 15) is 4.79 Å². The van der Waals surface area contributed by atoms with Crippen molar-refractivity contribution in [3.05, 3.63) is 70.3 Å². The Kier molecular flexibility index (Phi) is 4.96. The molecule has 0 fully saturated rings. The lowest BCUT2D eigenvalue weighted by atomic mass is 10.1. The molecule has 1 heterocycles. The van der Waals surface area contributed by atoms with Gasteiger partial charge in [-0.05, 0) is 24.3 Å². The number of carbonyl (C=O) groups excluding carboxylic acids is 1. The topological polar surface area (TPSA) is 67.0 Å². The average molecular weight is 386 g/mol. The van der Waals surface area contributed by atoms with Crippen LogP contribution in [0.4, 0.5) is 0 Å². The molecule has 1 aromatic heterocycles. The van der Waals surface area contributed by atoms with Crippen LogP contribution in [0.3, 0.4) is 0 Å². The molecule has 2 aromatic carbocycles. The highest BCUT2D eigenvalue weighted by atomic mass is 79.9. The van der Waals surface area contributed by atoms with E-state index in [-0.39, 0.29) is 5.91 Å². The second kappa shape index (κ2) is 7.31. The molecule has 0 aliphatic heterocycles. The van der Waals surface area contributed by atoms with Crippen molar-refractivity contribution < 1.29 is 9.53 Å². The summed E-state index contributed by atoms with van der Waals surface area (Å²) in [4.78, 5) is 12.3. The van der Waals surface area contributed by atoms with Gasteiger partial charge in [-0.25, -0.2) is 0 Å². The van der Waals surface area contributed by atoms with E-state index in [2.05, 4.69) is 31.4 Å². The molecular weight excluding hydrogens is 370 g/mol. The van der Waals surface area contributed by atoms with Crippen molar-refractivity contribution in [2.45, 2.75) is 6.54 Å². The van der Waals surface area contributed by atoms with Gasteiger partial charge in [0.25, 0.3) is 5.91 Å². The van der Waals surface area contributed by atoms with E-state index in [1.807, 2.05) is 48.5 Å². The molecule has 0 bridgehead atoms. The summed E-state index contributed by atoms with van der Waals surface area (Å²) >= 11 is 3.42. The summed E-state index contributed by atoms with van der Waals surface area (Å²) < 4.78 is 6.24. The Morgan fingerprint density at radius 2 is 2.00 bits per heavy atom. The lowest BCUT2D eigenvalue weighted by Crippen LogP contribution is -2.23. The maximum Gasteiger partial charge on any atom is 0.269 e. The SMILES string of the molecule is COc1ccc(Br)cc1CNC(=O)c1cc(-c2ccccc2)n[nH]1.